The number of carbonyl (C=O) groups excluding carboxylic acids is 1. The molecule has 150 valence electrons. The number of sulfonamides is 1. The highest BCUT2D eigenvalue weighted by Crippen LogP contribution is 2.22. The van der Waals surface area contributed by atoms with Crippen LogP contribution >= 0.6 is 0 Å². The lowest BCUT2D eigenvalue weighted by atomic mass is 10.1. The van der Waals surface area contributed by atoms with Crippen LogP contribution in [0, 0.1) is 5.82 Å². The van der Waals surface area contributed by atoms with Crippen LogP contribution < -0.4 is 4.72 Å². The van der Waals surface area contributed by atoms with Crippen LogP contribution in [0.5, 0.6) is 0 Å². The van der Waals surface area contributed by atoms with Crippen molar-refractivity contribution >= 4 is 15.9 Å². The zero-order chi connectivity index (χ0) is 20.0. The second kappa shape index (κ2) is 9.27. The van der Waals surface area contributed by atoms with Gasteiger partial charge in [0.15, 0.2) is 0 Å². The molecular weight excluding hydrogens is 383 g/mol. The van der Waals surface area contributed by atoms with E-state index in [2.05, 4.69) is 4.72 Å². The molecule has 1 aliphatic rings. The third-order valence-electron chi connectivity index (χ3n) is 4.58. The van der Waals surface area contributed by atoms with E-state index in [1.165, 1.54) is 18.2 Å². The molecule has 28 heavy (non-hydrogen) atoms. The first-order valence-electron chi connectivity index (χ1n) is 9.16. The van der Waals surface area contributed by atoms with Crippen molar-refractivity contribution in [3.8, 4) is 0 Å². The van der Waals surface area contributed by atoms with Gasteiger partial charge in [0.05, 0.1) is 13.2 Å². The van der Waals surface area contributed by atoms with Crippen molar-refractivity contribution in [1.29, 1.82) is 0 Å². The smallest absolute Gasteiger partial charge is 0.243 e. The largest absolute Gasteiger partial charge is 0.370 e. The molecule has 2 aromatic carbocycles. The molecule has 0 saturated carbocycles. The number of morpholine rings is 1. The quantitative estimate of drug-likeness (QED) is 0.717. The molecule has 0 spiro atoms. The van der Waals surface area contributed by atoms with E-state index >= 15 is 0 Å². The van der Waals surface area contributed by atoms with Crippen LogP contribution in [-0.4, -0.2) is 45.5 Å². The van der Waals surface area contributed by atoms with E-state index in [1.54, 1.807) is 4.90 Å². The summed E-state index contributed by atoms with van der Waals surface area (Å²) >= 11 is 0. The molecule has 0 bridgehead atoms. The van der Waals surface area contributed by atoms with Gasteiger partial charge >= 0.3 is 0 Å². The number of rotatable bonds is 7. The summed E-state index contributed by atoms with van der Waals surface area (Å²) in [5.41, 5.74) is 1.03. The summed E-state index contributed by atoms with van der Waals surface area (Å²) in [6.45, 7) is 1.52. The van der Waals surface area contributed by atoms with Gasteiger partial charge in [0.25, 0.3) is 0 Å². The zero-order valence-electron chi connectivity index (χ0n) is 15.4. The Balaban J connectivity index is 1.47. The number of nitrogens with zero attached hydrogens (tertiary/aromatic N) is 1. The lowest BCUT2D eigenvalue weighted by Gasteiger charge is -2.33. The molecular formula is C20H23FN2O4S. The van der Waals surface area contributed by atoms with E-state index in [0.717, 1.165) is 11.6 Å². The molecule has 2 aromatic rings. The molecule has 1 unspecified atom stereocenters. The van der Waals surface area contributed by atoms with Gasteiger partial charge in [0.1, 0.15) is 16.8 Å². The fourth-order valence-electron chi connectivity index (χ4n) is 3.09. The van der Waals surface area contributed by atoms with Crippen molar-refractivity contribution in [3.63, 3.8) is 0 Å². The van der Waals surface area contributed by atoms with Crippen molar-refractivity contribution in [2.24, 2.45) is 0 Å². The van der Waals surface area contributed by atoms with Gasteiger partial charge in [0, 0.05) is 19.5 Å². The van der Waals surface area contributed by atoms with Crippen molar-refractivity contribution in [2.75, 3.05) is 26.2 Å². The normalized spacial score (nSPS) is 17.5. The molecule has 1 amide bonds. The van der Waals surface area contributed by atoms with Crippen LogP contribution in [0.1, 0.15) is 24.5 Å². The average molecular weight is 406 g/mol. The Bertz CT molecular complexity index is 905. The van der Waals surface area contributed by atoms with Gasteiger partial charge in [-0.2, -0.15) is 0 Å². The molecule has 1 atom stereocenters. The highest BCUT2D eigenvalue weighted by Gasteiger charge is 2.25. The highest BCUT2D eigenvalue weighted by atomic mass is 32.2. The molecule has 1 aliphatic heterocycles. The molecule has 6 nitrogen and oxygen atoms in total. The molecule has 1 heterocycles. The van der Waals surface area contributed by atoms with Crippen LogP contribution in [0.3, 0.4) is 0 Å². The van der Waals surface area contributed by atoms with Gasteiger partial charge in [0.2, 0.25) is 15.9 Å². The minimum atomic E-state index is -3.93. The Morgan fingerprint density at radius 2 is 1.86 bits per heavy atom. The predicted octanol–water partition coefficient (Wildman–Crippen LogP) is 2.48. The van der Waals surface area contributed by atoms with E-state index in [9.17, 15) is 17.6 Å². The number of ether oxygens (including phenoxy) is 1. The number of halogens is 1. The maximum atomic E-state index is 13.7. The van der Waals surface area contributed by atoms with Crippen LogP contribution in [0.25, 0.3) is 0 Å². The summed E-state index contributed by atoms with van der Waals surface area (Å²) in [5, 5.41) is 0. The fraction of sp³-hybridized carbons (Fsp3) is 0.350. The van der Waals surface area contributed by atoms with Gasteiger partial charge in [-0.3, -0.25) is 4.79 Å². The van der Waals surface area contributed by atoms with Crippen molar-refractivity contribution < 1.29 is 22.3 Å². The maximum Gasteiger partial charge on any atom is 0.243 e. The summed E-state index contributed by atoms with van der Waals surface area (Å²) in [6.07, 6.45) is 0.389. The standard InChI is InChI=1S/C20H23FN2O4S/c21-17-9-4-5-10-19(17)28(25,26)22-12-6-11-20(24)23-13-14-27-18(15-23)16-7-2-1-3-8-16/h1-5,7-10,18,22H,6,11-15H2. The van der Waals surface area contributed by atoms with E-state index in [4.69, 9.17) is 4.74 Å². The van der Waals surface area contributed by atoms with Crippen molar-refractivity contribution in [3.05, 3.63) is 66.0 Å². The van der Waals surface area contributed by atoms with Gasteiger partial charge in [-0.1, -0.05) is 42.5 Å². The Morgan fingerprint density at radius 3 is 2.61 bits per heavy atom. The monoisotopic (exact) mass is 406 g/mol. The lowest BCUT2D eigenvalue weighted by Crippen LogP contribution is -2.42. The summed E-state index contributed by atoms with van der Waals surface area (Å²) in [7, 11) is -3.93. The predicted molar refractivity (Wildman–Crippen MR) is 103 cm³/mol. The van der Waals surface area contributed by atoms with Crippen LogP contribution in [0.2, 0.25) is 0 Å². The average Bonchev–Trinajstić information content (AvgIpc) is 2.72. The molecule has 8 heteroatoms. The van der Waals surface area contributed by atoms with E-state index in [0.29, 0.717) is 26.1 Å². The molecule has 1 fully saturated rings. The van der Waals surface area contributed by atoms with Crippen molar-refractivity contribution in [1.82, 2.24) is 9.62 Å². The molecule has 0 aliphatic carbocycles. The number of carbonyl (C=O) groups is 1. The maximum absolute atomic E-state index is 13.7. The SMILES string of the molecule is O=C(CCCNS(=O)(=O)c1ccccc1F)N1CCOC(c2ccccc2)C1. The Hall–Kier alpha value is -2.29. The number of amides is 1. The van der Waals surface area contributed by atoms with E-state index in [1.807, 2.05) is 30.3 Å². The third kappa shape index (κ3) is 5.15. The summed E-state index contributed by atoms with van der Waals surface area (Å²) < 4.78 is 46.0. The number of hydrogen-bond donors (Lipinski definition) is 1. The first-order valence-corrected chi connectivity index (χ1v) is 10.6. The second-order valence-corrected chi connectivity index (χ2v) is 8.28. The lowest BCUT2D eigenvalue weighted by molar-refractivity contribution is -0.139. The first kappa shape index (κ1) is 20.4. The van der Waals surface area contributed by atoms with Crippen molar-refractivity contribution in [2.45, 2.75) is 23.8 Å². The molecule has 1 saturated heterocycles. The number of hydrogen-bond acceptors (Lipinski definition) is 4. The van der Waals surface area contributed by atoms with Crippen LogP contribution in [-0.2, 0) is 19.6 Å². The number of nitrogens with one attached hydrogen (secondary N) is 1. The minimum Gasteiger partial charge on any atom is -0.370 e. The third-order valence-corrected chi connectivity index (χ3v) is 6.07. The number of benzene rings is 2. The zero-order valence-corrected chi connectivity index (χ0v) is 16.2. The molecule has 0 aromatic heterocycles. The van der Waals surface area contributed by atoms with Crippen LogP contribution in [0.15, 0.2) is 59.5 Å². The minimum absolute atomic E-state index is 0.0469. The summed E-state index contributed by atoms with van der Waals surface area (Å²) in [6, 6.07) is 14.9. The van der Waals surface area contributed by atoms with E-state index < -0.39 is 15.8 Å². The van der Waals surface area contributed by atoms with Gasteiger partial charge in [-0.05, 0) is 24.1 Å². The summed E-state index contributed by atoms with van der Waals surface area (Å²) in [4.78, 5) is 13.8. The highest BCUT2D eigenvalue weighted by molar-refractivity contribution is 7.89. The first-order chi connectivity index (χ1) is 13.5. The molecule has 1 N–H and O–H groups in total. The van der Waals surface area contributed by atoms with Gasteiger partial charge in [-0.15, -0.1) is 0 Å². The Kier molecular flexibility index (Phi) is 6.77. The Labute approximate surface area is 164 Å². The van der Waals surface area contributed by atoms with Gasteiger partial charge < -0.3 is 9.64 Å². The molecule has 0 radical (unpaired) electrons. The van der Waals surface area contributed by atoms with Crippen LogP contribution in [0.4, 0.5) is 4.39 Å². The topological polar surface area (TPSA) is 75.7 Å². The Morgan fingerprint density at radius 1 is 1.14 bits per heavy atom. The van der Waals surface area contributed by atoms with Gasteiger partial charge in [-0.25, -0.2) is 17.5 Å². The second-order valence-electron chi connectivity index (χ2n) is 6.54. The summed E-state index contributed by atoms with van der Waals surface area (Å²) in [5.74, 6) is -0.847. The molecule has 3 rings (SSSR count). The van der Waals surface area contributed by atoms with E-state index in [-0.39, 0.29) is 29.9 Å². The fourth-order valence-corrected chi connectivity index (χ4v) is 4.24.